The minimum Gasteiger partial charge on any atom is -0.338 e. The van der Waals surface area contributed by atoms with Crippen molar-refractivity contribution in [3.8, 4) is 6.07 Å². The third-order valence-electron chi connectivity index (χ3n) is 2.98. The molecule has 1 aliphatic heterocycles. The molecule has 1 aliphatic rings. The molecule has 1 N–H and O–H groups in total. The molecule has 0 aromatic rings. The Labute approximate surface area is 97.6 Å². The molecule has 1 heterocycles. The van der Waals surface area contributed by atoms with Crippen molar-refractivity contribution >= 4 is 5.91 Å². The predicted molar refractivity (Wildman–Crippen MR) is 62.7 cm³/mol. The normalized spacial score (nSPS) is 20.5. The highest BCUT2D eigenvalue weighted by Crippen LogP contribution is 2.12. The molecule has 4 nitrogen and oxygen atoms in total. The fourth-order valence-corrected chi connectivity index (χ4v) is 2.06. The average Bonchev–Trinajstić information content (AvgIpc) is 2.30. The summed E-state index contributed by atoms with van der Waals surface area (Å²) in [6, 6.07) is 2.23. The van der Waals surface area contributed by atoms with Crippen molar-refractivity contribution < 1.29 is 4.79 Å². The van der Waals surface area contributed by atoms with Gasteiger partial charge in [0.2, 0.25) is 5.91 Å². The number of rotatable bonds is 4. The molecule has 0 saturated carbocycles. The van der Waals surface area contributed by atoms with Crippen molar-refractivity contribution in [3.63, 3.8) is 0 Å². The molecule has 0 radical (unpaired) electrons. The van der Waals surface area contributed by atoms with Crippen molar-refractivity contribution in [2.75, 3.05) is 13.1 Å². The van der Waals surface area contributed by atoms with E-state index in [1.54, 1.807) is 0 Å². The molecule has 4 heteroatoms. The van der Waals surface area contributed by atoms with Crippen molar-refractivity contribution in [1.82, 2.24) is 10.2 Å². The first-order valence-electron chi connectivity index (χ1n) is 6.07. The summed E-state index contributed by atoms with van der Waals surface area (Å²) in [7, 11) is 0. The van der Waals surface area contributed by atoms with E-state index in [0.717, 1.165) is 25.8 Å². The summed E-state index contributed by atoms with van der Waals surface area (Å²) >= 11 is 0. The number of amides is 1. The second-order valence-corrected chi connectivity index (χ2v) is 4.54. The van der Waals surface area contributed by atoms with Gasteiger partial charge in [0.25, 0.3) is 0 Å². The molecule has 0 aromatic carbocycles. The zero-order valence-corrected chi connectivity index (χ0v) is 10.2. The SMILES string of the molecule is CC(C)N(CCC#N)C(=O)C1CCCCN1. The number of piperidine rings is 1. The maximum Gasteiger partial charge on any atom is 0.239 e. The largest absolute Gasteiger partial charge is 0.338 e. The van der Waals surface area contributed by atoms with Crippen LogP contribution in [0.4, 0.5) is 0 Å². The van der Waals surface area contributed by atoms with E-state index in [0.29, 0.717) is 13.0 Å². The van der Waals surface area contributed by atoms with Crippen molar-refractivity contribution in [2.24, 2.45) is 0 Å². The van der Waals surface area contributed by atoms with Gasteiger partial charge in [-0.3, -0.25) is 4.79 Å². The highest BCUT2D eigenvalue weighted by atomic mass is 16.2. The molecule has 0 spiro atoms. The van der Waals surface area contributed by atoms with Crippen molar-refractivity contribution in [2.45, 2.75) is 51.6 Å². The third-order valence-corrected chi connectivity index (χ3v) is 2.98. The van der Waals surface area contributed by atoms with Crippen LogP contribution in [0.1, 0.15) is 39.5 Å². The zero-order chi connectivity index (χ0) is 12.0. The Morgan fingerprint density at radius 1 is 1.56 bits per heavy atom. The number of nitrogens with zero attached hydrogens (tertiary/aromatic N) is 2. The summed E-state index contributed by atoms with van der Waals surface area (Å²) < 4.78 is 0. The van der Waals surface area contributed by atoms with Crippen LogP contribution in [0.2, 0.25) is 0 Å². The molecule has 1 amide bonds. The second-order valence-electron chi connectivity index (χ2n) is 4.54. The van der Waals surface area contributed by atoms with Crippen LogP contribution >= 0.6 is 0 Å². The minimum atomic E-state index is -0.0326. The van der Waals surface area contributed by atoms with E-state index in [1.165, 1.54) is 0 Å². The van der Waals surface area contributed by atoms with Crippen LogP contribution < -0.4 is 5.32 Å². The third kappa shape index (κ3) is 3.49. The van der Waals surface area contributed by atoms with Crippen LogP contribution in [0.15, 0.2) is 0 Å². The van der Waals surface area contributed by atoms with Gasteiger partial charge in [-0.1, -0.05) is 6.42 Å². The van der Waals surface area contributed by atoms with Crippen LogP contribution in [0.3, 0.4) is 0 Å². The fourth-order valence-electron chi connectivity index (χ4n) is 2.06. The number of carbonyl (C=O) groups is 1. The molecule has 0 bridgehead atoms. The van der Waals surface area contributed by atoms with Crippen LogP contribution in [-0.2, 0) is 4.79 Å². The molecule has 1 atom stereocenters. The molecular weight excluding hydrogens is 202 g/mol. The Kier molecular flexibility index (Phi) is 5.27. The van der Waals surface area contributed by atoms with Crippen molar-refractivity contribution in [1.29, 1.82) is 5.26 Å². The lowest BCUT2D eigenvalue weighted by atomic mass is 10.0. The topological polar surface area (TPSA) is 56.1 Å². The summed E-state index contributed by atoms with van der Waals surface area (Å²) in [5, 5.41) is 11.8. The fraction of sp³-hybridized carbons (Fsp3) is 0.833. The second kappa shape index (κ2) is 6.49. The highest BCUT2D eigenvalue weighted by molar-refractivity contribution is 5.82. The van der Waals surface area contributed by atoms with E-state index in [4.69, 9.17) is 5.26 Å². The minimum absolute atomic E-state index is 0.0326. The monoisotopic (exact) mass is 223 g/mol. The first-order valence-corrected chi connectivity index (χ1v) is 6.07. The number of hydrogen-bond donors (Lipinski definition) is 1. The smallest absolute Gasteiger partial charge is 0.239 e. The Bertz CT molecular complexity index is 264. The quantitative estimate of drug-likeness (QED) is 0.781. The Hall–Kier alpha value is -1.08. The van der Waals surface area contributed by atoms with Gasteiger partial charge < -0.3 is 10.2 Å². The molecular formula is C12H21N3O. The molecule has 1 saturated heterocycles. The molecule has 1 rings (SSSR count). The highest BCUT2D eigenvalue weighted by Gasteiger charge is 2.26. The standard InChI is InChI=1S/C12H21N3O/c1-10(2)15(9-5-7-13)12(16)11-6-3-4-8-14-11/h10-11,14H,3-6,8-9H2,1-2H3. The van der Waals surface area contributed by atoms with Gasteiger partial charge in [-0.05, 0) is 33.2 Å². The van der Waals surface area contributed by atoms with Gasteiger partial charge >= 0.3 is 0 Å². The molecule has 0 aromatic heterocycles. The summed E-state index contributed by atoms with van der Waals surface area (Å²) in [4.78, 5) is 14.0. The lowest BCUT2D eigenvalue weighted by Crippen LogP contribution is -2.50. The lowest BCUT2D eigenvalue weighted by Gasteiger charge is -2.32. The molecule has 1 unspecified atom stereocenters. The van der Waals surface area contributed by atoms with Crippen molar-refractivity contribution in [3.05, 3.63) is 0 Å². The van der Waals surface area contributed by atoms with Gasteiger partial charge in [0, 0.05) is 12.6 Å². The summed E-state index contributed by atoms with van der Waals surface area (Å²) in [5.74, 6) is 0.157. The van der Waals surface area contributed by atoms with Gasteiger partial charge in [0.1, 0.15) is 0 Å². The summed E-state index contributed by atoms with van der Waals surface area (Å²) in [6.07, 6.45) is 3.61. The van der Waals surface area contributed by atoms with E-state index in [9.17, 15) is 4.79 Å². The van der Waals surface area contributed by atoms with Crippen LogP contribution in [0, 0.1) is 11.3 Å². The number of nitrogens with one attached hydrogen (secondary N) is 1. The Balaban J connectivity index is 2.55. The Morgan fingerprint density at radius 2 is 2.31 bits per heavy atom. The predicted octanol–water partition coefficient (Wildman–Crippen LogP) is 1.28. The number of carbonyl (C=O) groups excluding carboxylic acids is 1. The van der Waals surface area contributed by atoms with Crippen LogP contribution in [-0.4, -0.2) is 36.0 Å². The van der Waals surface area contributed by atoms with E-state index in [-0.39, 0.29) is 18.0 Å². The molecule has 0 aliphatic carbocycles. The summed E-state index contributed by atoms with van der Waals surface area (Å²) in [6.45, 7) is 5.47. The van der Waals surface area contributed by atoms with E-state index < -0.39 is 0 Å². The van der Waals surface area contributed by atoms with E-state index in [2.05, 4.69) is 11.4 Å². The van der Waals surface area contributed by atoms with Gasteiger partial charge in [-0.15, -0.1) is 0 Å². The van der Waals surface area contributed by atoms with Gasteiger partial charge in [0.15, 0.2) is 0 Å². The number of hydrogen-bond acceptors (Lipinski definition) is 3. The van der Waals surface area contributed by atoms with Gasteiger partial charge in [0.05, 0.1) is 18.5 Å². The van der Waals surface area contributed by atoms with Gasteiger partial charge in [-0.25, -0.2) is 0 Å². The first-order chi connectivity index (χ1) is 7.66. The lowest BCUT2D eigenvalue weighted by molar-refractivity contribution is -0.135. The average molecular weight is 223 g/mol. The maximum absolute atomic E-state index is 12.2. The van der Waals surface area contributed by atoms with Crippen LogP contribution in [0.5, 0.6) is 0 Å². The van der Waals surface area contributed by atoms with E-state index >= 15 is 0 Å². The summed E-state index contributed by atoms with van der Waals surface area (Å²) in [5.41, 5.74) is 0. The Morgan fingerprint density at radius 3 is 2.81 bits per heavy atom. The molecule has 16 heavy (non-hydrogen) atoms. The van der Waals surface area contributed by atoms with Gasteiger partial charge in [-0.2, -0.15) is 5.26 Å². The molecule has 1 fully saturated rings. The molecule has 90 valence electrons. The number of nitriles is 1. The maximum atomic E-state index is 12.2. The first kappa shape index (κ1) is 13.0. The van der Waals surface area contributed by atoms with E-state index in [1.807, 2.05) is 18.7 Å². The zero-order valence-electron chi connectivity index (χ0n) is 10.2. The van der Waals surface area contributed by atoms with Crippen LogP contribution in [0.25, 0.3) is 0 Å².